The van der Waals surface area contributed by atoms with Crippen LogP contribution in [0.5, 0.6) is 0 Å². The van der Waals surface area contributed by atoms with Gasteiger partial charge in [-0.15, -0.1) is 0 Å². The fourth-order valence-corrected chi connectivity index (χ4v) is 1.99. The fraction of sp³-hybridized carbons (Fsp3) is 0. The Morgan fingerprint density at radius 3 is 2.33 bits per heavy atom. The zero-order chi connectivity index (χ0) is 12.2. The zero-order valence-electron chi connectivity index (χ0n) is 9.48. The van der Waals surface area contributed by atoms with Crippen LogP contribution in [0.4, 0.5) is 0 Å². The van der Waals surface area contributed by atoms with E-state index in [1.165, 1.54) is 6.07 Å². The zero-order valence-corrected chi connectivity index (χ0v) is 15.1. The number of hydrogen-bond donors (Lipinski definition) is 0. The predicted molar refractivity (Wildman–Crippen MR) is 47.8 cm³/mol. The number of aldehydes is 1. The average Bonchev–Trinajstić information content (AvgIpc) is 2.24. The molecule has 88 valence electrons. The van der Waals surface area contributed by atoms with E-state index in [1.807, 2.05) is 0 Å². The van der Waals surface area contributed by atoms with Crippen molar-refractivity contribution in [1.29, 1.82) is 0 Å². The smallest absolute Gasteiger partial charge is 0.744 e. The summed E-state index contributed by atoms with van der Waals surface area (Å²) in [5.74, 6) is 0. The summed E-state index contributed by atoms with van der Waals surface area (Å²) in [6.07, 6.45) is 0.215. The number of rotatable bonds is 5. The molecule has 0 heterocycles. The maximum atomic E-state index is 10.7. The summed E-state index contributed by atoms with van der Waals surface area (Å²) >= 11 is 0.479. The van der Waals surface area contributed by atoms with Crippen molar-refractivity contribution in [3.05, 3.63) is 23.8 Å². The molecule has 1 rings (SSSR count). The van der Waals surface area contributed by atoms with Gasteiger partial charge in [-0.3, -0.25) is 9.83 Å². The molecule has 0 fully saturated rings. The van der Waals surface area contributed by atoms with Crippen molar-refractivity contribution in [2.45, 2.75) is 9.79 Å². The van der Waals surface area contributed by atoms with Crippen molar-refractivity contribution in [3.63, 3.8) is 0 Å². The minimum absolute atomic E-state index is 0. The van der Waals surface area contributed by atoms with Gasteiger partial charge in [0, 0.05) is 10.5 Å². The predicted octanol–water partition coefficient (Wildman–Crippen LogP) is -6.36. The Balaban J connectivity index is 0. The van der Waals surface area contributed by atoms with E-state index in [-0.39, 0.29) is 75.9 Å². The first-order chi connectivity index (χ1) is 7.49. The maximum Gasteiger partial charge on any atom is 1.00 e. The van der Waals surface area contributed by atoms with Crippen LogP contribution >= 0.6 is 12.0 Å². The number of carbonyl (C=O) groups is 1. The number of benzene rings is 1. The Kier molecular flexibility index (Phi) is 11.7. The molecule has 0 aromatic heterocycles. The van der Waals surface area contributed by atoms with Gasteiger partial charge in [0.05, 0.1) is 16.9 Å². The minimum Gasteiger partial charge on any atom is -0.744 e. The van der Waals surface area contributed by atoms with Crippen LogP contribution in [0.2, 0.25) is 0 Å². The van der Waals surface area contributed by atoms with Crippen LogP contribution in [0.15, 0.2) is 28.0 Å². The van der Waals surface area contributed by atoms with Gasteiger partial charge in [0.25, 0.3) is 0 Å². The number of hydrogen-bond acceptors (Lipinski definition) is 8. The van der Waals surface area contributed by atoms with Crippen LogP contribution in [0, 0.1) is 0 Å². The topological polar surface area (TPSA) is 116 Å². The molecular formula is C7H4Na2O7S2. The summed E-state index contributed by atoms with van der Waals surface area (Å²) < 4.78 is 36.1. The molecular weight excluding hydrogens is 306 g/mol. The molecule has 0 N–H and O–H groups in total. The van der Waals surface area contributed by atoms with E-state index >= 15 is 0 Å². The summed E-state index contributed by atoms with van der Waals surface area (Å²) in [5.41, 5.74) is -0.311. The Morgan fingerprint density at radius 2 is 1.89 bits per heavy atom. The van der Waals surface area contributed by atoms with Crippen LogP contribution in [-0.4, -0.2) is 19.3 Å². The molecule has 11 heteroatoms. The van der Waals surface area contributed by atoms with E-state index in [1.54, 1.807) is 0 Å². The molecule has 0 saturated heterocycles. The second-order valence-corrected chi connectivity index (χ2v) is 4.61. The van der Waals surface area contributed by atoms with Gasteiger partial charge in [0.1, 0.15) is 10.1 Å². The molecule has 1 aromatic carbocycles. The molecule has 1 aromatic rings. The Bertz CT molecular complexity index is 491. The van der Waals surface area contributed by atoms with Crippen molar-refractivity contribution in [2.75, 3.05) is 0 Å². The third-order valence-electron chi connectivity index (χ3n) is 1.54. The van der Waals surface area contributed by atoms with Gasteiger partial charge in [-0.1, -0.05) is 0 Å². The molecule has 0 atom stereocenters. The Hall–Kier alpha value is 1.03. The van der Waals surface area contributed by atoms with E-state index < -0.39 is 15.0 Å². The molecule has 0 aliphatic rings. The van der Waals surface area contributed by atoms with E-state index in [0.29, 0.717) is 12.0 Å². The summed E-state index contributed by atoms with van der Waals surface area (Å²) in [5, 5.41) is 12.6. The average molecular weight is 310 g/mol. The van der Waals surface area contributed by atoms with Gasteiger partial charge in [-0.05, 0) is 18.2 Å². The molecule has 18 heavy (non-hydrogen) atoms. The maximum absolute atomic E-state index is 10.7. The fourth-order valence-electron chi connectivity index (χ4n) is 0.951. The molecule has 7 nitrogen and oxygen atoms in total. The van der Waals surface area contributed by atoms with Gasteiger partial charge >= 0.3 is 59.1 Å². The van der Waals surface area contributed by atoms with Crippen LogP contribution in [0.1, 0.15) is 10.4 Å². The third kappa shape index (κ3) is 6.46. The van der Waals surface area contributed by atoms with Crippen LogP contribution in [-0.2, 0) is 19.5 Å². The molecule has 0 saturated carbocycles. The standard InChI is InChI=1S/C7H6O7S2.2Na/c8-4-5-3-6(15-14-13-9)1-2-7(5)16(10,11)12;;/h1-4,9H,(H,10,11,12);;/q;2*+1/p-2. The van der Waals surface area contributed by atoms with E-state index in [9.17, 15) is 23.0 Å². The summed E-state index contributed by atoms with van der Waals surface area (Å²) in [6, 6.07) is 3.23. The molecule has 0 radical (unpaired) electrons. The first-order valence-corrected chi connectivity index (χ1v) is 5.82. The van der Waals surface area contributed by atoms with Crippen molar-refractivity contribution in [3.8, 4) is 0 Å². The van der Waals surface area contributed by atoms with Gasteiger partial charge in [-0.25, -0.2) is 8.42 Å². The first-order valence-electron chi connectivity index (χ1n) is 3.67. The van der Waals surface area contributed by atoms with Gasteiger partial charge in [0.15, 0.2) is 6.29 Å². The van der Waals surface area contributed by atoms with Gasteiger partial charge in [0.2, 0.25) is 0 Å². The van der Waals surface area contributed by atoms with E-state index in [2.05, 4.69) is 9.37 Å². The second kappa shape index (κ2) is 9.86. The molecule has 0 aliphatic heterocycles. The molecule has 0 bridgehead atoms. The summed E-state index contributed by atoms with van der Waals surface area (Å²) in [4.78, 5) is 10.2. The summed E-state index contributed by atoms with van der Waals surface area (Å²) in [7, 11) is -4.71. The van der Waals surface area contributed by atoms with Crippen molar-refractivity contribution in [1.82, 2.24) is 0 Å². The normalized spacial score (nSPS) is 10.1. The van der Waals surface area contributed by atoms with Crippen LogP contribution in [0.25, 0.3) is 0 Å². The molecule has 0 aliphatic carbocycles. The van der Waals surface area contributed by atoms with Crippen molar-refractivity contribution >= 4 is 28.4 Å². The Morgan fingerprint density at radius 1 is 1.28 bits per heavy atom. The van der Waals surface area contributed by atoms with E-state index in [0.717, 1.165) is 12.1 Å². The second-order valence-electron chi connectivity index (χ2n) is 2.49. The monoisotopic (exact) mass is 310 g/mol. The van der Waals surface area contributed by atoms with Gasteiger partial charge < -0.3 is 9.81 Å². The van der Waals surface area contributed by atoms with E-state index in [4.69, 9.17) is 0 Å². The quantitative estimate of drug-likeness (QED) is 0.132. The largest absolute Gasteiger partial charge is 1.00 e. The summed E-state index contributed by atoms with van der Waals surface area (Å²) in [6.45, 7) is 0. The minimum atomic E-state index is -4.71. The first kappa shape index (κ1) is 21.3. The molecule has 0 spiro atoms. The van der Waals surface area contributed by atoms with Gasteiger partial charge in [-0.2, -0.15) is 4.33 Å². The SMILES string of the molecule is O=Cc1cc(SOO[O-])ccc1S(=O)(=O)[O-].[Na+].[Na+]. The number of carbonyl (C=O) groups excluding carboxylic acids is 1. The van der Waals surface area contributed by atoms with Crippen LogP contribution in [0.3, 0.4) is 0 Å². The molecule has 0 amide bonds. The molecule has 0 unspecified atom stereocenters. The van der Waals surface area contributed by atoms with Crippen molar-refractivity contribution in [2.24, 2.45) is 0 Å². The van der Waals surface area contributed by atoms with Crippen molar-refractivity contribution < 1.29 is 91.5 Å². The third-order valence-corrected chi connectivity index (χ3v) is 3.02. The Labute approximate surface area is 152 Å². The van der Waals surface area contributed by atoms with Crippen LogP contribution < -0.4 is 64.4 Å².